The topological polar surface area (TPSA) is 22.1 Å². The van der Waals surface area contributed by atoms with E-state index in [0.717, 1.165) is 18.6 Å². The van der Waals surface area contributed by atoms with E-state index in [1.54, 1.807) is 13.3 Å². The van der Waals surface area contributed by atoms with Gasteiger partial charge in [0.05, 0.1) is 6.61 Å². The molecule has 2 nitrogen and oxygen atoms in total. The third-order valence-corrected chi connectivity index (χ3v) is 1.59. The van der Waals surface area contributed by atoms with Crippen LogP contribution in [-0.4, -0.2) is 18.7 Å². The van der Waals surface area contributed by atoms with Gasteiger partial charge >= 0.3 is 0 Å². The zero-order valence-electron chi connectivity index (χ0n) is 6.38. The summed E-state index contributed by atoms with van der Waals surface area (Å²) >= 11 is 5.67. The first kappa shape index (κ1) is 8.50. The van der Waals surface area contributed by atoms with Gasteiger partial charge in [-0.2, -0.15) is 0 Å². The van der Waals surface area contributed by atoms with Crippen molar-refractivity contribution in [3.63, 3.8) is 0 Å². The van der Waals surface area contributed by atoms with E-state index in [4.69, 9.17) is 16.3 Å². The molecule has 3 heteroatoms. The van der Waals surface area contributed by atoms with Gasteiger partial charge in [-0.1, -0.05) is 11.6 Å². The summed E-state index contributed by atoms with van der Waals surface area (Å²) in [5.41, 5.74) is 1.16. The number of hydrogen-bond donors (Lipinski definition) is 0. The van der Waals surface area contributed by atoms with Gasteiger partial charge < -0.3 is 4.74 Å². The Balaban J connectivity index is 2.56. The van der Waals surface area contributed by atoms with Crippen LogP contribution in [0.2, 0.25) is 5.15 Å². The Kier molecular flexibility index (Phi) is 3.33. The zero-order valence-corrected chi connectivity index (χ0v) is 7.14. The third-order valence-electron chi connectivity index (χ3n) is 1.39. The van der Waals surface area contributed by atoms with Crippen LogP contribution in [0.1, 0.15) is 5.56 Å². The molecule has 0 saturated carbocycles. The van der Waals surface area contributed by atoms with E-state index in [0.29, 0.717) is 5.15 Å². The summed E-state index contributed by atoms with van der Waals surface area (Å²) in [4.78, 5) is 3.87. The van der Waals surface area contributed by atoms with Crippen LogP contribution in [0, 0.1) is 0 Å². The lowest BCUT2D eigenvalue weighted by molar-refractivity contribution is 0.202. The molecule has 0 aliphatic rings. The van der Waals surface area contributed by atoms with Crippen LogP contribution in [0.5, 0.6) is 0 Å². The van der Waals surface area contributed by atoms with Gasteiger partial charge in [-0.3, -0.25) is 0 Å². The summed E-state index contributed by atoms with van der Waals surface area (Å²) in [7, 11) is 1.68. The first-order valence-electron chi connectivity index (χ1n) is 3.42. The van der Waals surface area contributed by atoms with Gasteiger partial charge in [0, 0.05) is 13.3 Å². The normalized spacial score (nSPS) is 10.0. The maximum atomic E-state index is 5.67. The molecule has 0 spiro atoms. The van der Waals surface area contributed by atoms with E-state index in [-0.39, 0.29) is 0 Å². The number of methoxy groups -OCH3 is 1. The van der Waals surface area contributed by atoms with Crippen molar-refractivity contribution in [2.45, 2.75) is 6.42 Å². The van der Waals surface area contributed by atoms with Crippen LogP contribution in [0.25, 0.3) is 0 Å². The molecule has 0 N–H and O–H groups in total. The Morgan fingerprint density at radius 2 is 2.45 bits per heavy atom. The second-order valence-electron chi connectivity index (χ2n) is 2.23. The molecule has 0 aliphatic carbocycles. The summed E-state index contributed by atoms with van der Waals surface area (Å²) in [6.07, 6.45) is 2.59. The largest absolute Gasteiger partial charge is 0.384 e. The zero-order chi connectivity index (χ0) is 8.10. The van der Waals surface area contributed by atoms with Crippen molar-refractivity contribution in [2.75, 3.05) is 13.7 Å². The van der Waals surface area contributed by atoms with Crippen LogP contribution in [0.4, 0.5) is 0 Å². The molecule has 0 atom stereocenters. The van der Waals surface area contributed by atoms with Crippen molar-refractivity contribution in [1.29, 1.82) is 0 Å². The van der Waals surface area contributed by atoms with Gasteiger partial charge in [-0.25, -0.2) is 4.98 Å². The van der Waals surface area contributed by atoms with Crippen molar-refractivity contribution < 1.29 is 4.74 Å². The first-order chi connectivity index (χ1) is 5.33. The number of hydrogen-bond acceptors (Lipinski definition) is 2. The summed E-state index contributed by atoms with van der Waals surface area (Å²) < 4.78 is 4.92. The van der Waals surface area contributed by atoms with Crippen molar-refractivity contribution in [2.24, 2.45) is 0 Å². The number of rotatable bonds is 3. The molecule has 0 amide bonds. The summed E-state index contributed by atoms with van der Waals surface area (Å²) in [6.45, 7) is 0.723. The molecule has 0 unspecified atom stereocenters. The molecule has 1 heterocycles. The fourth-order valence-corrected chi connectivity index (χ4v) is 1.01. The van der Waals surface area contributed by atoms with E-state index < -0.39 is 0 Å². The van der Waals surface area contributed by atoms with Crippen LogP contribution in [-0.2, 0) is 11.2 Å². The van der Waals surface area contributed by atoms with Gasteiger partial charge in [0.2, 0.25) is 0 Å². The second kappa shape index (κ2) is 4.31. The van der Waals surface area contributed by atoms with Gasteiger partial charge in [-0.05, 0) is 24.1 Å². The minimum Gasteiger partial charge on any atom is -0.384 e. The smallest absolute Gasteiger partial charge is 0.129 e. The Bertz CT molecular complexity index is 227. The Labute approximate surface area is 71.2 Å². The molecule has 1 rings (SSSR count). The number of halogens is 1. The molecule has 60 valence electrons. The van der Waals surface area contributed by atoms with Crippen LogP contribution >= 0.6 is 11.6 Å². The highest BCUT2D eigenvalue weighted by Crippen LogP contribution is 2.07. The quantitative estimate of drug-likeness (QED) is 0.649. The highest BCUT2D eigenvalue weighted by atomic mass is 35.5. The summed E-state index contributed by atoms with van der Waals surface area (Å²) in [6, 6.07) is 3.78. The number of pyridine rings is 1. The highest BCUT2D eigenvalue weighted by Gasteiger charge is 1.93. The second-order valence-corrected chi connectivity index (χ2v) is 2.62. The summed E-state index contributed by atoms with van der Waals surface area (Å²) in [5.74, 6) is 0. The van der Waals surface area contributed by atoms with Gasteiger partial charge in [0.25, 0.3) is 0 Å². The predicted molar refractivity (Wildman–Crippen MR) is 44.8 cm³/mol. The fraction of sp³-hybridized carbons (Fsp3) is 0.375. The Morgan fingerprint density at radius 3 is 3.09 bits per heavy atom. The first-order valence-corrected chi connectivity index (χ1v) is 3.80. The van der Waals surface area contributed by atoms with E-state index in [1.165, 1.54) is 0 Å². The standard InChI is InChI=1S/C8H10ClNO/c1-11-5-3-7-2-4-10-8(9)6-7/h2,4,6H,3,5H2,1H3. The van der Waals surface area contributed by atoms with Gasteiger partial charge in [0.1, 0.15) is 5.15 Å². The van der Waals surface area contributed by atoms with Crippen molar-refractivity contribution >= 4 is 11.6 Å². The molecule has 0 bridgehead atoms. The average Bonchev–Trinajstić information content (AvgIpc) is 2.01. The van der Waals surface area contributed by atoms with Crippen LogP contribution in [0.15, 0.2) is 18.3 Å². The molecule has 0 aliphatic heterocycles. The third kappa shape index (κ3) is 2.87. The van der Waals surface area contributed by atoms with E-state index in [2.05, 4.69) is 4.98 Å². The minimum absolute atomic E-state index is 0.540. The number of ether oxygens (including phenoxy) is 1. The predicted octanol–water partition coefficient (Wildman–Crippen LogP) is 1.92. The molecule has 1 aromatic rings. The number of nitrogens with zero attached hydrogens (tertiary/aromatic N) is 1. The monoisotopic (exact) mass is 171 g/mol. The minimum atomic E-state index is 0.540. The Morgan fingerprint density at radius 1 is 1.64 bits per heavy atom. The van der Waals surface area contributed by atoms with E-state index in [1.807, 2.05) is 12.1 Å². The van der Waals surface area contributed by atoms with Crippen molar-refractivity contribution in [3.8, 4) is 0 Å². The molecule has 0 aromatic carbocycles. The molecule has 0 fully saturated rings. The molecule has 11 heavy (non-hydrogen) atoms. The maximum absolute atomic E-state index is 5.67. The van der Waals surface area contributed by atoms with Crippen molar-refractivity contribution in [1.82, 2.24) is 4.98 Å². The summed E-state index contributed by atoms with van der Waals surface area (Å²) in [5, 5.41) is 0.540. The van der Waals surface area contributed by atoms with Crippen molar-refractivity contribution in [3.05, 3.63) is 29.0 Å². The molecular formula is C8H10ClNO. The lowest BCUT2D eigenvalue weighted by Crippen LogP contribution is -1.94. The Hall–Kier alpha value is -0.600. The lowest BCUT2D eigenvalue weighted by Gasteiger charge is -1.98. The molecule has 0 radical (unpaired) electrons. The molecule has 0 saturated heterocycles. The van der Waals surface area contributed by atoms with Gasteiger partial charge in [0.15, 0.2) is 0 Å². The van der Waals surface area contributed by atoms with E-state index in [9.17, 15) is 0 Å². The average molecular weight is 172 g/mol. The SMILES string of the molecule is COCCc1ccnc(Cl)c1. The lowest BCUT2D eigenvalue weighted by atomic mass is 10.2. The van der Waals surface area contributed by atoms with Gasteiger partial charge in [-0.15, -0.1) is 0 Å². The van der Waals surface area contributed by atoms with E-state index >= 15 is 0 Å². The highest BCUT2D eigenvalue weighted by molar-refractivity contribution is 6.29. The maximum Gasteiger partial charge on any atom is 0.129 e. The number of aromatic nitrogens is 1. The molecular weight excluding hydrogens is 162 g/mol. The van der Waals surface area contributed by atoms with Crippen LogP contribution in [0.3, 0.4) is 0 Å². The fourth-order valence-electron chi connectivity index (χ4n) is 0.818. The molecule has 1 aromatic heterocycles. The van der Waals surface area contributed by atoms with Crippen LogP contribution < -0.4 is 0 Å².